The summed E-state index contributed by atoms with van der Waals surface area (Å²) in [4.78, 5) is 13.3. The minimum absolute atomic E-state index is 0.0377. The number of carbonyl (C=O) groups is 1. The predicted octanol–water partition coefficient (Wildman–Crippen LogP) is 3.08. The molecule has 0 radical (unpaired) electrons. The van der Waals surface area contributed by atoms with Gasteiger partial charge in [0.2, 0.25) is 0 Å². The Hall–Kier alpha value is -1.23. The van der Waals surface area contributed by atoms with Crippen LogP contribution in [-0.2, 0) is 0 Å². The molecule has 1 aliphatic rings. The molecular formula is C14H19FN2OS. The molecule has 0 spiro atoms. The number of benzene rings is 1. The number of carbonyl (C=O) groups excluding carboxylic acids is 1. The number of likely N-dealkylation sites (tertiary alicyclic amines) is 1. The van der Waals surface area contributed by atoms with Gasteiger partial charge in [0.05, 0.1) is 6.04 Å². The number of piperidine rings is 1. The molecule has 1 fully saturated rings. The van der Waals surface area contributed by atoms with Crippen LogP contribution >= 0.6 is 11.8 Å². The van der Waals surface area contributed by atoms with Crippen LogP contribution in [0.4, 0.5) is 9.18 Å². The summed E-state index contributed by atoms with van der Waals surface area (Å²) >= 11 is 1.81. The molecule has 104 valence electrons. The van der Waals surface area contributed by atoms with Crippen molar-refractivity contribution in [1.29, 1.82) is 0 Å². The van der Waals surface area contributed by atoms with Crippen LogP contribution in [0.2, 0.25) is 0 Å². The molecule has 0 bridgehead atoms. The van der Waals surface area contributed by atoms with Crippen LogP contribution in [0, 0.1) is 12.7 Å². The standard InChI is InChI=1S/C14H19FN2OS/c1-9-7-10(15)3-4-12(9)13-8-11(19-2)5-6-17(13)14(16)18/h3-4,7,11,13H,5-6,8H2,1-2H3,(H2,16,18). The minimum atomic E-state index is -0.395. The highest BCUT2D eigenvalue weighted by Crippen LogP contribution is 2.36. The molecule has 2 N–H and O–H groups in total. The highest BCUT2D eigenvalue weighted by atomic mass is 32.2. The van der Waals surface area contributed by atoms with E-state index >= 15 is 0 Å². The van der Waals surface area contributed by atoms with Crippen LogP contribution in [0.3, 0.4) is 0 Å². The Labute approximate surface area is 117 Å². The lowest BCUT2D eigenvalue weighted by atomic mass is 9.92. The highest BCUT2D eigenvalue weighted by molar-refractivity contribution is 7.99. The first-order valence-corrected chi connectivity index (χ1v) is 7.66. The zero-order chi connectivity index (χ0) is 14.0. The molecule has 1 heterocycles. The topological polar surface area (TPSA) is 46.3 Å². The summed E-state index contributed by atoms with van der Waals surface area (Å²) in [5, 5.41) is 0.519. The third-order valence-electron chi connectivity index (χ3n) is 3.76. The van der Waals surface area contributed by atoms with Crippen LogP contribution in [0.25, 0.3) is 0 Å². The van der Waals surface area contributed by atoms with Crippen LogP contribution in [0.1, 0.15) is 30.0 Å². The summed E-state index contributed by atoms with van der Waals surface area (Å²) in [5.74, 6) is -0.246. The van der Waals surface area contributed by atoms with Gasteiger partial charge < -0.3 is 10.6 Å². The van der Waals surface area contributed by atoms with Gasteiger partial charge in [-0.3, -0.25) is 0 Å². The van der Waals surface area contributed by atoms with Crippen molar-refractivity contribution >= 4 is 17.8 Å². The number of aryl methyl sites for hydroxylation is 1. The second kappa shape index (κ2) is 5.82. The normalized spacial score (nSPS) is 23.4. The number of hydrogen-bond donors (Lipinski definition) is 1. The van der Waals surface area contributed by atoms with Crippen LogP contribution in [0.5, 0.6) is 0 Å². The van der Waals surface area contributed by atoms with E-state index < -0.39 is 6.03 Å². The Morgan fingerprint density at radius 3 is 2.84 bits per heavy atom. The van der Waals surface area contributed by atoms with E-state index in [1.165, 1.54) is 12.1 Å². The summed E-state index contributed by atoms with van der Waals surface area (Å²) < 4.78 is 13.2. The van der Waals surface area contributed by atoms with E-state index in [0.717, 1.165) is 24.0 Å². The Kier molecular flexibility index (Phi) is 4.34. The smallest absolute Gasteiger partial charge is 0.315 e. The maximum Gasteiger partial charge on any atom is 0.315 e. The fraction of sp³-hybridized carbons (Fsp3) is 0.500. The zero-order valence-corrected chi connectivity index (χ0v) is 12.0. The van der Waals surface area contributed by atoms with Gasteiger partial charge in [0.1, 0.15) is 5.82 Å². The van der Waals surface area contributed by atoms with Gasteiger partial charge in [-0.2, -0.15) is 11.8 Å². The van der Waals surface area contributed by atoms with Gasteiger partial charge in [-0.05, 0) is 49.3 Å². The highest BCUT2D eigenvalue weighted by Gasteiger charge is 2.32. The van der Waals surface area contributed by atoms with Gasteiger partial charge in [0.15, 0.2) is 0 Å². The van der Waals surface area contributed by atoms with Crippen molar-refractivity contribution in [3.8, 4) is 0 Å². The molecule has 2 atom stereocenters. The minimum Gasteiger partial charge on any atom is -0.351 e. The summed E-state index contributed by atoms with van der Waals surface area (Å²) in [6.45, 7) is 2.54. The third-order valence-corrected chi connectivity index (χ3v) is 4.86. The molecule has 1 aromatic carbocycles. The van der Waals surface area contributed by atoms with Gasteiger partial charge in [-0.15, -0.1) is 0 Å². The van der Waals surface area contributed by atoms with E-state index in [-0.39, 0.29) is 11.9 Å². The number of urea groups is 1. The number of amides is 2. The number of hydrogen-bond acceptors (Lipinski definition) is 2. The summed E-state index contributed by atoms with van der Waals surface area (Å²) in [6.07, 6.45) is 3.91. The van der Waals surface area contributed by atoms with E-state index in [4.69, 9.17) is 5.73 Å². The molecule has 2 unspecified atom stereocenters. The Bertz CT molecular complexity index is 481. The number of halogens is 1. The van der Waals surface area contributed by atoms with Crippen molar-refractivity contribution < 1.29 is 9.18 Å². The summed E-state index contributed by atoms with van der Waals surface area (Å²) in [5.41, 5.74) is 7.34. The average molecular weight is 282 g/mol. The van der Waals surface area contributed by atoms with Crippen molar-refractivity contribution in [2.45, 2.75) is 31.1 Å². The molecule has 0 aromatic heterocycles. The Morgan fingerprint density at radius 1 is 1.53 bits per heavy atom. The van der Waals surface area contributed by atoms with Crippen molar-refractivity contribution in [3.05, 3.63) is 35.1 Å². The van der Waals surface area contributed by atoms with E-state index in [9.17, 15) is 9.18 Å². The number of nitrogens with zero attached hydrogens (tertiary/aromatic N) is 1. The van der Waals surface area contributed by atoms with Gasteiger partial charge in [0, 0.05) is 11.8 Å². The molecule has 1 saturated heterocycles. The second-order valence-electron chi connectivity index (χ2n) is 4.93. The first kappa shape index (κ1) is 14.2. The molecular weight excluding hydrogens is 263 g/mol. The lowest BCUT2D eigenvalue weighted by Crippen LogP contribution is -2.44. The summed E-state index contributed by atoms with van der Waals surface area (Å²) in [7, 11) is 0. The van der Waals surface area contributed by atoms with Gasteiger partial charge in [-0.1, -0.05) is 6.07 Å². The monoisotopic (exact) mass is 282 g/mol. The van der Waals surface area contributed by atoms with Gasteiger partial charge >= 0.3 is 6.03 Å². The molecule has 2 amide bonds. The molecule has 2 rings (SSSR count). The average Bonchev–Trinajstić information content (AvgIpc) is 2.38. The quantitative estimate of drug-likeness (QED) is 0.906. The predicted molar refractivity (Wildman–Crippen MR) is 76.7 cm³/mol. The van der Waals surface area contributed by atoms with Gasteiger partial charge in [0.25, 0.3) is 0 Å². The summed E-state index contributed by atoms with van der Waals surface area (Å²) in [6, 6.07) is 4.30. The molecule has 0 aliphatic carbocycles. The van der Waals surface area contributed by atoms with Crippen molar-refractivity contribution in [2.24, 2.45) is 5.73 Å². The van der Waals surface area contributed by atoms with E-state index in [1.807, 2.05) is 18.7 Å². The molecule has 3 nitrogen and oxygen atoms in total. The van der Waals surface area contributed by atoms with E-state index in [0.29, 0.717) is 11.8 Å². The van der Waals surface area contributed by atoms with Crippen LogP contribution < -0.4 is 5.73 Å². The molecule has 1 aromatic rings. The zero-order valence-electron chi connectivity index (χ0n) is 11.2. The molecule has 5 heteroatoms. The maximum absolute atomic E-state index is 13.2. The Morgan fingerprint density at radius 2 is 2.26 bits per heavy atom. The fourth-order valence-electron chi connectivity index (χ4n) is 2.72. The Balaban J connectivity index is 2.33. The molecule has 1 aliphatic heterocycles. The van der Waals surface area contributed by atoms with E-state index in [1.54, 1.807) is 11.0 Å². The first-order valence-electron chi connectivity index (χ1n) is 6.38. The van der Waals surface area contributed by atoms with Crippen molar-refractivity contribution in [3.63, 3.8) is 0 Å². The first-order chi connectivity index (χ1) is 9.02. The van der Waals surface area contributed by atoms with Gasteiger partial charge in [-0.25, -0.2) is 9.18 Å². The van der Waals surface area contributed by atoms with E-state index in [2.05, 4.69) is 6.26 Å². The number of rotatable bonds is 2. The number of nitrogens with two attached hydrogens (primary N) is 1. The largest absolute Gasteiger partial charge is 0.351 e. The number of primary amides is 1. The van der Waals surface area contributed by atoms with Crippen LogP contribution in [0.15, 0.2) is 18.2 Å². The second-order valence-corrected chi connectivity index (χ2v) is 6.07. The van der Waals surface area contributed by atoms with Crippen molar-refractivity contribution in [2.75, 3.05) is 12.8 Å². The fourth-order valence-corrected chi connectivity index (χ4v) is 3.43. The van der Waals surface area contributed by atoms with Crippen LogP contribution in [-0.4, -0.2) is 29.0 Å². The third kappa shape index (κ3) is 3.03. The lowest BCUT2D eigenvalue weighted by molar-refractivity contribution is 0.162. The number of thioether (sulfide) groups is 1. The SMILES string of the molecule is CSC1CCN(C(N)=O)C(c2ccc(F)cc2C)C1. The molecule has 0 saturated carbocycles. The van der Waals surface area contributed by atoms with Crippen molar-refractivity contribution in [1.82, 2.24) is 4.90 Å². The lowest BCUT2D eigenvalue weighted by Gasteiger charge is -2.39. The molecule has 19 heavy (non-hydrogen) atoms. The maximum atomic E-state index is 13.2.